The molecule has 3 heteroatoms. The molecule has 0 bridgehead atoms. The maximum Gasteiger partial charge on any atom is 0.227 e. The summed E-state index contributed by atoms with van der Waals surface area (Å²) in [4.78, 5) is 14.6. The Bertz CT molecular complexity index is 855. The van der Waals surface area contributed by atoms with E-state index in [-0.39, 0.29) is 11.7 Å². The molecule has 1 N–H and O–H groups in total. The van der Waals surface area contributed by atoms with Crippen molar-refractivity contribution in [1.29, 1.82) is 0 Å². The summed E-state index contributed by atoms with van der Waals surface area (Å²) in [6.07, 6.45) is 2.48. The van der Waals surface area contributed by atoms with E-state index in [1.165, 1.54) is 0 Å². The van der Waals surface area contributed by atoms with Crippen molar-refractivity contribution in [2.24, 2.45) is 0 Å². The summed E-state index contributed by atoms with van der Waals surface area (Å²) in [7, 11) is 0. The molecule has 0 aliphatic rings. The summed E-state index contributed by atoms with van der Waals surface area (Å²) in [5.74, 6) is 0.421. The number of hydrogen-bond donors (Lipinski definition) is 1. The van der Waals surface area contributed by atoms with Gasteiger partial charge >= 0.3 is 0 Å². The summed E-state index contributed by atoms with van der Waals surface area (Å²) >= 11 is 0. The molecule has 3 aromatic rings. The van der Waals surface area contributed by atoms with E-state index >= 15 is 0 Å². The monoisotopic (exact) mass is 359 g/mol. The average molecular weight is 359 g/mol. The number of phenols is 1. The van der Waals surface area contributed by atoms with Crippen LogP contribution in [0.25, 0.3) is 11.1 Å². The SMILES string of the molecule is CCCCC(=O)N(Cc1ccc(-c2ccc(O)cc2)cc1)c1ccccc1. The van der Waals surface area contributed by atoms with Gasteiger partial charge in [0.25, 0.3) is 0 Å². The first kappa shape index (κ1) is 18.7. The molecule has 0 aromatic heterocycles. The fourth-order valence-corrected chi connectivity index (χ4v) is 3.03. The van der Waals surface area contributed by atoms with Gasteiger partial charge in [-0.1, -0.05) is 67.9 Å². The second-order valence-electron chi connectivity index (χ2n) is 6.66. The van der Waals surface area contributed by atoms with Crippen LogP contribution in [0.1, 0.15) is 31.7 Å². The van der Waals surface area contributed by atoms with Gasteiger partial charge in [-0.3, -0.25) is 4.79 Å². The number of carbonyl (C=O) groups excluding carboxylic acids is 1. The molecule has 3 rings (SSSR count). The van der Waals surface area contributed by atoms with Crippen LogP contribution in [-0.4, -0.2) is 11.0 Å². The van der Waals surface area contributed by atoms with Crippen LogP contribution in [0.5, 0.6) is 5.75 Å². The first-order chi connectivity index (χ1) is 13.2. The lowest BCUT2D eigenvalue weighted by Crippen LogP contribution is -2.30. The molecule has 0 fully saturated rings. The number of unbranched alkanes of at least 4 members (excludes halogenated alkanes) is 1. The number of benzene rings is 3. The van der Waals surface area contributed by atoms with Crippen molar-refractivity contribution >= 4 is 11.6 Å². The lowest BCUT2D eigenvalue weighted by Gasteiger charge is -2.23. The van der Waals surface area contributed by atoms with Gasteiger partial charge in [0, 0.05) is 12.1 Å². The summed E-state index contributed by atoms with van der Waals surface area (Å²) in [5, 5.41) is 9.43. The molecule has 0 aliphatic carbocycles. The van der Waals surface area contributed by atoms with Crippen LogP contribution < -0.4 is 4.90 Å². The number of phenolic OH excluding ortho intramolecular Hbond substituents is 1. The molecule has 0 aliphatic heterocycles. The Morgan fingerprint density at radius 3 is 2.04 bits per heavy atom. The molecule has 3 nitrogen and oxygen atoms in total. The van der Waals surface area contributed by atoms with Crippen LogP contribution in [0.3, 0.4) is 0 Å². The van der Waals surface area contributed by atoms with E-state index < -0.39 is 0 Å². The Balaban J connectivity index is 1.79. The van der Waals surface area contributed by atoms with Gasteiger partial charge in [0.15, 0.2) is 0 Å². The van der Waals surface area contributed by atoms with E-state index in [1.54, 1.807) is 12.1 Å². The van der Waals surface area contributed by atoms with Gasteiger partial charge in [0.1, 0.15) is 5.75 Å². The Hall–Kier alpha value is -3.07. The van der Waals surface area contributed by atoms with E-state index in [0.29, 0.717) is 13.0 Å². The van der Waals surface area contributed by atoms with Crippen LogP contribution in [0.15, 0.2) is 78.9 Å². The van der Waals surface area contributed by atoms with Crippen molar-refractivity contribution in [1.82, 2.24) is 0 Å². The zero-order valence-corrected chi connectivity index (χ0v) is 15.6. The van der Waals surface area contributed by atoms with Crippen LogP contribution in [0.4, 0.5) is 5.69 Å². The fourth-order valence-electron chi connectivity index (χ4n) is 3.03. The zero-order valence-electron chi connectivity index (χ0n) is 15.6. The number of amides is 1. The molecular weight excluding hydrogens is 334 g/mol. The maximum absolute atomic E-state index is 12.7. The van der Waals surface area contributed by atoms with Gasteiger partial charge in [0.2, 0.25) is 5.91 Å². The van der Waals surface area contributed by atoms with Crippen molar-refractivity contribution in [3.63, 3.8) is 0 Å². The number of nitrogens with zero attached hydrogens (tertiary/aromatic N) is 1. The fraction of sp³-hybridized carbons (Fsp3) is 0.208. The first-order valence-corrected chi connectivity index (χ1v) is 9.41. The van der Waals surface area contributed by atoms with E-state index in [4.69, 9.17) is 0 Å². The highest BCUT2D eigenvalue weighted by molar-refractivity contribution is 5.93. The second kappa shape index (κ2) is 9.04. The van der Waals surface area contributed by atoms with Crippen LogP contribution in [0.2, 0.25) is 0 Å². The first-order valence-electron chi connectivity index (χ1n) is 9.41. The third-order valence-corrected chi connectivity index (χ3v) is 4.61. The molecule has 0 radical (unpaired) electrons. The predicted octanol–water partition coefficient (Wildman–Crippen LogP) is 5.78. The summed E-state index contributed by atoms with van der Waals surface area (Å²) in [6.45, 7) is 2.66. The smallest absolute Gasteiger partial charge is 0.227 e. The minimum atomic E-state index is 0.158. The molecule has 138 valence electrons. The molecule has 1 amide bonds. The third kappa shape index (κ3) is 4.98. The zero-order chi connectivity index (χ0) is 19.1. The minimum absolute atomic E-state index is 0.158. The molecule has 0 heterocycles. The van der Waals surface area contributed by atoms with E-state index in [1.807, 2.05) is 47.4 Å². The van der Waals surface area contributed by atoms with Crippen LogP contribution in [0, 0.1) is 0 Å². The van der Waals surface area contributed by atoms with Crippen molar-refractivity contribution < 1.29 is 9.90 Å². The van der Waals surface area contributed by atoms with Gasteiger partial charge in [-0.05, 0) is 47.4 Å². The highest BCUT2D eigenvalue weighted by Gasteiger charge is 2.15. The summed E-state index contributed by atoms with van der Waals surface area (Å²) < 4.78 is 0. The standard InChI is InChI=1S/C24H25NO2/c1-2-3-9-24(27)25(22-7-5-4-6-8-22)18-19-10-12-20(13-11-19)21-14-16-23(26)17-15-21/h4-8,10-17,26H,2-3,9,18H2,1H3. The normalized spacial score (nSPS) is 10.6. The lowest BCUT2D eigenvalue weighted by atomic mass is 10.0. The lowest BCUT2D eigenvalue weighted by molar-refractivity contribution is -0.118. The van der Waals surface area contributed by atoms with Crippen LogP contribution in [-0.2, 0) is 11.3 Å². The average Bonchev–Trinajstić information content (AvgIpc) is 2.72. The minimum Gasteiger partial charge on any atom is -0.508 e. The van der Waals surface area contributed by atoms with Crippen LogP contribution >= 0.6 is 0 Å². The van der Waals surface area contributed by atoms with Crippen molar-refractivity contribution in [3.8, 4) is 16.9 Å². The van der Waals surface area contributed by atoms with E-state index in [2.05, 4.69) is 31.2 Å². The quantitative estimate of drug-likeness (QED) is 0.580. The van der Waals surface area contributed by atoms with Gasteiger partial charge in [-0.2, -0.15) is 0 Å². The summed E-state index contributed by atoms with van der Waals surface area (Å²) in [5.41, 5.74) is 4.16. The molecular formula is C24H25NO2. The number of anilines is 1. The number of rotatable bonds is 7. The Morgan fingerprint density at radius 1 is 0.852 bits per heavy atom. The second-order valence-corrected chi connectivity index (χ2v) is 6.66. The van der Waals surface area contributed by atoms with Gasteiger partial charge < -0.3 is 10.0 Å². The van der Waals surface area contributed by atoms with Crippen molar-refractivity contribution in [2.75, 3.05) is 4.90 Å². The Morgan fingerprint density at radius 2 is 1.44 bits per heavy atom. The molecule has 27 heavy (non-hydrogen) atoms. The Labute approximate surface area is 160 Å². The van der Waals surface area contributed by atoms with E-state index in [0.717, 1.165) is 35.2 Å². The Kier molecular flexibility index (Phi) is 6.26. The molecule has 0 atom stereocenters. The van der Waals surface area contributed by atoms with Gasteiger partial charge in [0.05, 0.1) is 6.54 Å². The number of para-hydroxylation sites is 1. The third-order valence-electron chi connectivity index (χ3n) is 4.61. The maximum atomic E-state index is 12.7. The topological polar surface area (TPSA) is 40.5 Å². The van der Waals surface area contributed by atoms with Gasteiger partial charge in [-0.15, -0.1) is 0 Å². The highest BCUT2D eigenvalue weighted by Crippen LogP contribution is 2.24. The number of carbonyl (C=O) groups is 1. The summed E-state index contributed by atoms with van der Waals surface area (Å²) in [6, 6.07) is 25.3. The number of aromatic hydroxyl groups is 1. The molecule has 0 unspecified atom stereocenters. The van der Waals surface area contributed by atoms with Crippen molar-refractivity contribution in [2.45, 2.75) is 32.7 Å². The molecule has 0 saturated carbocycles. The largest absolute Gasteiger partial charge is 0.508 e. The van der Waals surface area contributed by atoms with Crippen molar-refractivity contribution in [3.05, 3.63) is 84.4 Å². The predicted molar refractivity (Wildman–Crippen MR) is 111 cm³/mol. The molecule has 0 spiro atoms. The van der Waals surface area contributed by atoms with Gasteiger partial charge in [-0.25, -0.2) is 0 Å². The number of hydrogen-bond acceptors (Lipinski definition) is 2. The molecule has 0 saturated heterocycles. The highest BCUT2D eigenvalue weighted by atomic mass is 16.3. The molecule has 3 aromatic carbocycles. The van der Waals surface area contributed by atoms with E-state index in [9.17, 15) is 9.90 Å².